The molecule has 3 rings (SSSR count). The lowest BCUT2D eigenvalue weighted by molar-refractivity contribution is -0.131. The van der Waals surface area contributed by atoms with Crippen LogP contribution in [0.4, 0.5) is 5.69 Å². The number of methoxy groups -OCH3 is 1. The quantitative estimate of drug-likeness (QED) is 0.821. The maximum Gasteiger partial charge on any atom is 0.252 e. The van der Waals surface area contributed by atoms with Crippen LogP contribution in [0.2, 0.25) is 0 Å². The summed E-state index contributed by atoms with van der Waals surface area (Å²) in [5.41, 5.74) is 1.78. The summed E-state index contributed by atoms with van der Waals surface area (Å²) in [6, 6.07) is 15.2. The van der Waals surface area contributed by atoms with Crippen LogP contribution in [-0.4, -0.2) is 30.2 Å². The number of anilines is 1. The van der Waals surface area contributed by atoms with Gasteiger partial charge in [-0.2, -0.15) is 0 Å². The Morgan fingerprint density at radius 2 is 2.00 bits per heavy atom. The van der Waals surface area contributed by atoms with Gasteiger partial charge in [0.15, 0.2) is 4.75 Å². The minimum atomic E-state index is -1.19. The summed E-state index contributed by atoms with van der Waals surface area (Å²) in [5.74, 6) is 0.257. The SMILES string of the molecule is CCN1C(=O)C(C)(C(=O)NCc2cccc(OC)c2)Sc2ccccc21. The van der Waals surface area contributed by atoms with Crippen molar-refractivity contribution in [3.8, 4) is 5.75 Å². The predicted molar refractivity (Wildman–Crippen MR) is 104 cm³/mol. The van der Waals surface area contributed by atoms with E-state index in [4.69, 9.17) is 4.74 Å². The fourth-order valence-electron chi connectivity index (χ4n) is 2.99. The predicted octanol–water partition coefficient (Wildman–Crippen LogP) is 3.23. The van der Waals surface area contributed by atoms with E-state index >= 15 is 0 Å². The number of hydrogen-bond acceptors (Lipinski definition) is 4. The van der Waals surface area contributed by atoms with Crippen LogP contribution in [0.3, 0.4) is 0 Å². The summed E-state index contributed by atoms with van der Waals surface area (Å²) in [6.07, 6.45) is 0. The Bertz CT molecular complexity index is 839. The molecule has 1 unspecified atom stereocenters. The van der Waals surface area contributed by atoms with Crippen molar-refractivity contribution in [3.05, 3.63) is 54.1 Å². The molecule has 5 nitrogen and oxygen atoms in total. The third-order valence-corrected chi connectivity index (χ3v) is 5.79. The molecule has 0 aliphatic carbocycles. The van der Waals surface area contributed by atoms with Crippen molar-refractivity contribution < 1.29 is 14.3 Å². The van der Waals surface area contributed by atoms with Gasteiger partial charge >= 0.3 is 0 Å². The van der Waals surface area contributed by atoms with Crippen molar-refractivity contribution in [2.45, 2.75) is 30.0 Å². The van der Waals surface area contributed by atoms with E-state index in [0.29, 0.717) is 13.1 Å². The zero-order valence-corrected chi connectivity index (χ0v) is 15.9. The van der Waals surface area contributed by atoms with Gasteiger partial charge in [-0.25, -0.2) is 0 Å². The number of nitrogens with zero attached hydrogens (tertiary/aromatic N) is 1. The maximum atomic E-state index is 13.0. The van der Waals surface area contributed by atoms with Gasteiger partial charge < -0.3 is 15.0 Å². The van der Waals surface area contributed by atoms with Crippen molar-refractivity contribution in [3.63, 3.8) is 0 Å². The van der Waals surface area contributed by atoms with Crippen LogP contribution in [0, 0.1) is 0 Å². The first-order valence-corrected chi connectivity index (χ1v) is 9.32. The number of carbonyl (C=O) groups excluding carboxylic acids is 2. The molecule has 6 heteroatoms. The molecule has 2 aromatic rings. The Kier molecular flexibility index (Phi) is 5.23. The van der Waals surface area contributed by atoms with Crippen molar-refractivity contribution in [2.24, 2.45) is 0 Å². The lowest BCUT2D eigenvalue weighted by Gasteiger charge is -2.38. The number of nitrogens with one attached hydrogen (secondary N) is 1. The Morgan fingerprint density at radius 3 is 2.73 bits per heavy atom. The molecule has 1 aliphatic heterocycles. The van der Waals surface area contributed by atoms with E-state index in [0.717, 1.165) is 21.9 Å². The van der Waals surface area contributed by atoms with Crippen LogP contribution in [0.25, 0.3) is 0 Å². The number of amides is 2. The van der Waals surface area contributed by atoms with E-state index in [9.17, 15) is 9.59 Å². The molecule has 0 saturated carbocycles. The van der Waals surface area contributed by atoms with E-state index < -0.39 is 4.75 Å². The Balaban J connectivity index is 1.80. The molecule has 2 amide bonds. The molecule has 2 aromatic carbocycles. The Hall–Kier alpha value is -2.47. The molecule has 0 saturated heterocycles. The topological polar surface area (TPSA) is 58.6 Å². The van der Waals surface area contributed by atoms with Crippen LogP contribution in [0.1, 0.15) is 19.4 Å². The molecule has 1 atom stereocenters. The van der Waals surface area contributed by atoms with Crippen LogP contribution in [0.15, 0.2) is 53.4 Å². The summed E-state index contributed by atoms with van der Waals surface area (Å²) in [7, 11) is 1.60. The van der Waals surface area contributed by atoms with Gasteiger partial charge in [-0.1, -0.05) is 36.0 Å². The first kappa shape index (κ1) is 18.3. The highest BCUT2D eigenvalue weighted by atomic mass is 32.2. The highest BCUT2D eigenvalue weighted by Crippen LogP contribution is 2.45. The molecule has 0 aromatic heterocycles. The fourth-order valence-corrected chi connectivity index (χ4v) is 4.22. The molecule has 26 heavy (non-hydrogen) atoms. The third-order valence-electron chi connectivity index (χ3n) is 4.46. The number of para-hydroxylation sites is 1. The van der Waals surface area contributed by atoms with Crippen LogP contribution < -0.4 is 15.0 Å². The van der Waals surface area contributed by atoms with Gasteiger partial charge in [0, 0.05) is 18.0 Å². The van der Waals surface area contributed by atoms with Gasteiger partial charge in [0.25, 0.3) is 5.91 Å². The maximum absolute atomic E-state index is 13.0. The molecule has 0 fully saturated rings. The molecule has 0 spiro atoms. The molecule has 0 bridgehead atoms. The second-order valence-electron chi connectivity index (χ2n) is 6.19. The number of hydrogen-bond donors (Lipinski definition) is 1. The normalized spacial score (nSPS) is 19.0. The highest BCUT2D eigenvalue weighted by molar-refractivity contribution is 8.02. The number of fused-ring (bicyclic) bond motifs is 1. The number of benzene rings is 2. The van der Waals surface area contributed by atoms with Crippen LogP contribution >= 0.6 is 11.8 Å². The lowest BCUT2D eigenvalue weighted by atomic mass is 10.1. The number of rotatable bonds is 5. The van der Waals surface area contributed by atoms with Crippen LogP contribution in [0.5, 0.6) is 5.75 Å². The van der Waals surface area contributed by atoms with Crippen molar-refractivity contribution in [1.29, 1.82) is 0 Å². The number of carbonyl (C=O) groups is 2. The summed E-state index contributed by atoms with van der Waals surface area (Å²) in [5, 5.41) is 2.90. The van der Waals surface area contributed by atoms with E-state index in [1.165, 1.54) is 11.8 Å². The van der Waals surface area contributed by atoms with Gasteiger partial charge in [-0.05, 0) is 43.7 Å². The largest absolute Gasteiger partial charge is 0.497 e. The fraction of sp³-hybridized carbons (Fsp3) is 0.300. The molecule has 0 radical (unpaired) electrons. The van der Waals surface area contributed by atoms with E-state index in [1.54, 1.807) is 18.9 Å². The average molecular weight is 370 g/mol. The Labute approximate surface area is 157 Å². The van der Waals surface area contributed by atoms with Gasteiger partial charge in [0.05, 0.1) is 12.8 Å². The second-order valence-corrected chi connectivity index (χ2v) is 7.65. The molecule has 1 N–H and O–H groups in total. The monoisotopic (exact) mass is 370 g/mol. The van der Waals surface area contributed by atoms with Crippen LogP contribution in [-0.2, 0) is 16.1 Å². The van der Waals surface area contributed by atoms with Crippen molar-refractivity contribution >= 4 is 29.3 Å². The minimum Gasteiger partial charge on any atom is -0.497 e. The van der Waals surface area contributed by atoms with Crippen molar-refractivity contribution in [2.75, 3.05) is 18.6 Å². The Morgan fingerprint density at radius 1 is 1.23 bits per heavy atom. The lowest BCUT2D eigenvalue weighted by Crippen LogP contribution is -2.56. The zero-order chi connectivity index (χ0) is 18.7. The average Bonchev–Trinajstić information content (AvgIpc) is 2.67. The summed E-state index contributed by atoms with van der Waals surface area (Å²) in [4.78, 5) is 28.6. The van der Waals surface area contributed by atoms with Gasteiger partial charge in [0.1, 0.15) is 5.75 Å². The molecular formula is C20H22N2O3S. The number of ether oxygens (including phenoxy) is 1. The molecular weight excluding hydrogens is 348 g/mol. The first-order valence-electron chi connectivity index (χ1n) is 8.51. The van der Waals surface area contributed by atoms with E-state index in [2.05, 4.69) is 5.32 Å². The van der Waals surface area contributed by atoms with Gasteiger partial charge in [-0.15, -0.1) is 0 Å². The summed E-state index contributed by atoms with van der Waals surface area (Å²) < 4.78 is 4.01. The second kappa shape index (κ2) is 7.41. The van der Waals surface area contributed by atoms with Gasteiger partial charge in [0.2, 0.25) is 5.91 Å². The van der Waals surface area contributed by atoms with E-state index in [-0.39, 0.29) is 11.8 Å². The standard InChI is InChI=1S/C20H22N2O3S/c1-4-22-16-10-5-6-11-17(16)26-20(2,19(22)24)18(23)21-13-14-8-7-9-15(12-14)25-3/h5-12H,4,13H2,1-3H3,(H,21,23). The van der Waals surface area contributed by atoms with Crippen molar-refractivity contribution in [1.82, 2.24) is 5.32 Å². The molecule has 1 aliphatic rings. The third kappa shape index (κ3) is 3.29. The highest BCUT2D eigenvalue weighted by Gasteiger charge is 2.48. The van der Waals surface area contributed by atoms with Gasteiger partial charge in [-0.3, -0.25) is 9.59 Å². The smallest absolute Gasteiger partial charge is 0.252 e. The molecule has 136 valence electrons. The minimum absolute atomic E-state index is 0.188. The number of thioether (sulfide) groups is 1. The van der Waals surface area contributed by atoms with E-state index in [1.807, 2.05) is 55.5 Å². The summed E-state index contributed by atoms with van der Waals surface area (Å²) in [6.45, 7) is 4.47. The first-order chi connectivity index (χ1) is 12.5. The molecule has 1 heterocycles. The zero-order valence-electron chi connectivity index (χ0n) is 15.1. The summed E-state index contributed by atoms with van der Waals surface area (Å²) >= 11 is 1.31.